The molecule has 3 heterocycles. The second kappa shape index (κ2) is 12.3. The van der Waals surface area contributed by atoms with Crippen LogP contribution in [0.15, 0.2) is 60.8 Å². The summed E-state index contributed by atoms with van der Waals surface area (Å²) in [6, 6.07) is 16.9. The van der Waals surface area contributed by atoms with E-state index in [0.717, 1.165) is 42.5 Å². The summed E-state index contributed by atoms with van der Waals surface area (Å²) in [4.78, 5) is 17.2. The number of nitrogens with zero attached hydrogens (tertiary/aromatic N) is 2. The minimum absolute atomic E-state index is 0.0740. The second-order valence-electron chi connectivity index (χ2n) is 9.63. The van der Waals surface area contributed by atoms with Crippen LogP contribution >= 0.6 is 0 Å². The van der Waals surface area contributed by atoms with Crippen molar-refractivity contribution in [1.82, 2.24) is 14.9 Å². The van der Waals surface area contributed by atoms with Gasteiger partial charge in [-0.05, 0) is 67.7 Å². The van der Waals surface area contributed by atoms with Gasteiger partial charge in [0.05, 0.1) is 18.7 Å². The molecule has 3 N–H and O–H groups in total. The average Bonchev–Trinajstić information content (AvgIpc) is 3.28. The number of nitrogens with one attached hydrogen (secondary N) is 2. The smallest absolute Gasteiger partial charge is 0.256 e. The van der Waals surface area contributed by atoms with E-state index in [9.17, 15) is 9.90 Å². The van der Waals surface area contributed by atoms with Crippen molar-refractivity contribution in [2.75, 3.05) is 38.7 Å². The first-order valence-electron chi connectivity index (χ1n) is 13.2. The van der Waals surface area contributed by atoms with Crippen molar-refractivity contribution in [1.29, 1.82) is 0 Å². The van der Waals surface area contributed by atoms with E-state index in [0.29, 0.717) is 47.8 Å². The number of carbonyl (C=O) groups excluding carboxylic acids is 1. The van der Waals surface area contributed by atoms with Gasteiger partial charge in [-0.15, -0.1) is 0 Å². The van der Waals surface area contributed by atoms with Crippen LogP contribution < -0.4 is 20.1 Å². The van der Waals surface area contributed by atoms with Crippen molar-refractivity contribution in [2.45, 2.75) is 25.4 Å². The Hall–Kier alpha value is -3.92. The molecule has 204 valence electrons. The number of fused-ring (bicyclic) bond motifs is 1. The lowest BCUT2D eigenvalue weighted by Crippen LogP contribution is -2.26. The highest BCUT2D eigenvalue weighted by Crippen LogP contribution is 2.37. The fraction of sp³-hybridized carbons (Fsp3) is 0.333. The van der Waals surface area contributed by atoms with Crippen LogP contribution in [0.25, 0.3) is 10.9 Å². The predicted octanol–water partition coefficient (Wildman–Crippen LogP) is 4.60. The number of aliphatic hydroxyl groups excluding tert-OH is 1. The molecule has 1 amide bonds. The molecule has 0 aliphatic carbocycles. The summed E-state index contributed by atoms with van der Waals surface area (Å²) in [5.41, 5.74) is 3.53. The number of hydrogen-bond donors (Lipinski definition) is 3. The van der Waals surface area contributed by atoms with Crippen LogP contribution in [-0.2, 0) is 18.4 Å². The van der Waals surface area contributed by atoms with Gasteiger partial charge in [-0.3, -0.25) is 4.79 Å². The Balaban J connectivity index is 1.32. The van der Waals surface area contributed by atoms with E-state index >= 15 is 0 Å². The number of methoxy groups -OCH3 is 1. The van der Waals surface area contributed by atoms with Crippen LogP contribution in [-0.4, -0.2) is 54.0 Å². The Labute approximate surface area is 227 Å². The molecule has 1 fully saturated rings. The van der Waals surface area contributed by atoms with Crippen LogP contribution in [0, 0.1) is 0 Å². The Kier molecular flexibility index (Phi) is 8.41. The fourth-order valence-corrected chi connectivity index (χ4v) is 4.90. The molecular weight excluding hydrogens is 496 g/mol. The maximum atomic E-state index is 12.9. The number of hydrogen-bond acceptors (Lipinski definition) is 7. The Morgan fingerprint density at radius 3 is 2.62 bits per heavy atom. The third-order valence-electron chi connectivity index (χ3n) is 7.10. The van der Waals surface area contributed by atoms with Gasteiger partial charge in [0.2, 0.25) is 0 Å². The maximum Gasteiger partial charge on any atom is 0.256 e. The van der Waals surface area contributed by atoms with E-state index < -0.39 is 0 Å². The van der Waals surface area contributed by atoms with Crippen LogP contribution in [0.5, 0.6) is 17.2 Å². The number of aromatic nitrogens is 2. The highest BCUT2D eigenvalue weighted by Gasteiger charge is 2.17. The molecule has 0 bridgehead atoms. The van der Waals surface area contributed by atoms with Gasteiger partial charge in [0.25, 0.3) is 5.91 Å². The molecule has 1 aliphatic heterocycles. The van der Waals surface area contributed by atoms with Gasteiger partial charge in [-0.1, -0.05) is 12.1 Å². The zero-order chi connectivity index (χ0) is 27.2. The molecule has 2 aromatic heterocycles. The van der Waals surface area contributed by atoms with Crippen molar-refractivity contribution in [2.24, 2.45) is 7.05 Å². The minimum Gasteiger partial charge on any atom is -0.487 e. The summed E-state index contributed by atoms with van der Waals surface area (Å²) in [6.45, 7) is 2.76. The summed E-state index contributed by atoms with van der Waals surface area (Å²) in [5.74, 6) is 2.22. The molecule has 0 atom stereocenters. The van der Waals surface area contributed by atoms with Gasteiger partial charge in [0.1, 0.15) is 18.2 Å². The molecule has 9 heteroatoms. The molecule has 4 aromatic rings. The lowest BCUT2D eigenvalue weighted by Gasteiger charge is -2.23. The van der Waals surface area contributed by atoms with Gasteiger partial charge in [-0.2, -0.15) is 0 Å². The average molecular weight is 531 g/mol. The molecule has 9 nitrogen and oxygen atoms in total. The first-order chi connectivity index (χ1) is 19.1. The summed E-state index contributed by atoms with van der Waals surface area (Å²) in [7, 11) is 3.51. The Bertz CT molecular complexity index is 1430. The van der Waals surface area contributed by atoms with E-state index in [-0.39, 0.29) is 12.5 Å². The predicted molar refractivity (Wildman–Crippen MR) is 150 cm³/mol. The van der Waals surface area contributed by atoms with E-state index in [2.05, 4.69) is 15.6 Å². The van der Waals surface area contributed by atoms with Crippen LogP contribution in [0.3, 0.4) is 0 Å². The Morgan fingerprint density at radius 1 is 1.08 bits per heavy atom. The molecule has 5 rings (SSSR count). The number of carbonyl (C=O) groups is 1. The number of ether oxygens (including phenoxy) is 3. The lowest BCUT2D eigenvalue weighted by atomic mass is 9.90. The first kappa shape index (κ1) is 26.7. The third kappa shape index (κ3) is 6.22. The van der Waals surface area contributed by atoms with Crippen molar-refractivity contribution in [3.63, 3.8) is 0 Å². The van der Waals surface area contributed by atoms with Crippen molar-refractivity contribution >= 4 is 22.6 Å². The molecule has 0 saturated carbocycles. The SMILES string of the molecule is COCCOc1cc2c(cc1Oc1ccnc(NC(=O)c3ccc(C4CCNCC4)cc3)c1)cc(CO)n2C. The van der Waals surface area contributed by atoms with Crippen molar-refractivity contribution < 1.29 is 24.1 Å². The summed E-state index contributed by atoms with van der Waals surface area (Å²) >= 11 is 0. The van der Waals surface area contributed by atoms with Crippen molar-refractivity contribution in [3.8, 4) is 17.2 Å². The largest absolute Gasteiger partial charge is 0.487 e. The number of pyridine rings is 1. The standard InChI is InChI=1S/C30H34N4O5/c1-34-24(19-35)15-23-16-28(27(18-26(23)34)38-14-13-37-2)39-25-9-12-32-29(17-25)33-30(36)22-5-3-20(4-6-22)21-7-10-31-11-8-21/h3-6,9,12,15-18,21,31,35H,7-8,10-11,13-14,19H2,1-2H3,(H,32,33,36). The summed E-state index contributed by atoms with van der Waals surface area (Å²) in [6.07, 6.45) is 3.81. The minimum atomic E-state index is -0.234. The number of aliphatic hydroxyl groups is 1. The van der Waals surface area contributed by atoms with Gasteiger partial charge in [0.15, 0.2) is 11.5 Å². The monoisotopic (exact) mass is 530 g/mol. The van der Waals surface area contributed by atoms with E-state index in [1.807, 2.05) is 54.1 Å². The van der Waals surface area contributed by atoms with Gasteiger partial charge in [0, 0.05) is 49.1 Å². The number of piperidine rings is 1. The van der Waals surface area contributed by atoms with E-state index in [4.69, 9.17) is 14.2 Å². The zero-order valence-electron chi connectivity index (χ0n) is 22.3. The number of anilines is 1. The molecule has 39 heavy (non-hydrogen) atoms. The highest BCUT2D eigenvalue weighted by molar-refractivity contribution is 6.03. The van der Waals surface area contributed by atoms with Crippen molar-refractivity contribution in [3.05, 3.63) is 77.6 Å². The highest BCUT2D eigenvalue weighted by atomic mass is 16.5. The molecule has 0 radical (unpaired) electrons. The second-order valence-corrected chi connectivity index (χ2v) is 9.63. The molecule has 1 saturated heterocycles. The Morgan fingerprint density at radius 2 is 1.87 bits per heavy atom. The van der Waals surface area contributed by atoms with Gasteiger partial charge in [-0.25, -0.2) is 4.98 Å². The number of amides is 1. The molecule has 1 aliphatic rings. The van der Waals surface area contributed by atoms with E-state index in [1.165, 1.54) is 5.56 Å². The normalized spacial score (nSPS) is 13.9. The lowest BCUT2D eigenvalue weighted by molar-refractivity contribution is 0.102. The first-order valence-corrected chi connectivity index (χ1v) is 13.2. The molecule has 0 spiro atoms. The fourth-order valence-electron chi connectivity index (χ4n) is 4.90. The van der Waals surface area contributed by atoms with Crippen LogP contribution in [0.4, 0.5) is 5.82 Å². The van der Waals surface area contributed by atoms with Crippen LogP contribution in [0.2, 0.25) is 0 Å². The summed E-state index contributed by atoms with van der Waals surface area (Å²) < 4.78 is 19.2. The molecule has 2 aromatic carbocycles. The third-order valence-corrected chi connectivity index (χ3v) is 7.10. The topological polar surface area (TPSA) is 107 Å². The van der Waals surface area contributed by atoms with Gasteiger partial charge >= 0.3 is 0 Å². The van der Waals surface area contributed by atoms with Crippen LogP contribution in [0.1, 0.15) is 40.4 Å². The quantitative estimate of drug-likeness (QED) is 0.257. The number of rotatable bonds is 10. The summed E-state index contributed by atoms with van der Waals surface area (Å²) in [5, 5.41) is 16.8. The van der Waals surface area contributed by atoms with E-state index in [1.54, 1.807) is 25.4 Å². The molecular formula is C30H34N4O5. The number of aryl methyl sites for hydroxylation is 1. The molecule has 0 unspecified atom stereocenters. The van der Waals surface area contributed by atoms with Gasteiger partial charge < -0.3 is 34.5 Å². The maximum absolute atomic E-state index is 12.9. The zero-order valence-corrected chi connectivity index (χ0v) is 22.3. The number of benzene rings is 2.